The van der Waals surface area contributed by atoms with Gasteiger partial charge in [-0.3, -0.25) is 37.3 Å². The van der Waals surface area contributed by atoms with Crippen molar-refractivity contribution in [2.24, 2.45) is 11.8 Å². The summed E-state index contributed by atoms with van der Waals surface area (Å²) in [7, 11) is -9.94. The minimum atomic E-state index is -4.97. The van der Waals surface area contributed by atoms with E-state index in [1.807, 2.05) is 0 Å². The molecule has 17 nitrogen and oxygen atoms in total. The van der Waals surface area contributed by atoms with Gasteiger partial charge in [-0.25, -0.2) is 9.13 Å². The Bertz CT molecular complexity index is 2130. The van der Waals surface area contributed by atoms with E-state index in [-0.39, 0.29) is 25.7 Å². The highest BCUT2D eigenvalue weighted by Crippen LogP contribution is 2.45. The average molecular weight is 1630 g/mol. The lowest BCUT2D eigenvalue weighted by Crippen LogP contribution is -2.30. The molecule has 0 aliphatic heterocycles. The summed E-state index contributed by atoms with van der Waals surface area (Å²) in [6, 6.07) is 0. The van der Waals surface area contributed by atoms with Gasteiger partial charge in [-0.2, -0.15) is 0 Å². The lowest BCUT2D eigenvalue weighted by atomic mass is 10.00. The normalized spacial score (nSPS) is 13.9. The van der Waals surface area contributed by atoms with Gasteiger partial charge < -0.3 is 33.8 Å². The van der Waals surface area contributed by atoms with Crippen molar-refractivity contribution in [3.63, 3.8) is 0 Å². The maximum Gasteiger partial charge on any atom is 0.472 e. The van der Waals surface area contributed by atoms with Crippen LogP contribution in [0.5, 0.6) is 0 Å². The first kappa shape index (κ1) is 110. The van der Waals surface area contributed by atoms with E-state index in [0.29, 0.717) is 25.7 Å². The van der Waals surface area contributed by atoms with Gasteiger partial charge in [-0.15, -0.1) is 0 Å². The SMILES string of the molecule is CCCCCCCCCCCCCCCCCCCCCCCCC(=O)OC[C@H](COP(=O)(O)OC[C@@H](O)COP(=O)(O)OC[C@@H](COC(=O)CCCCCCCCC(C)CC)OC(=O)CCCCCCCCCCCCCCCCCC(C)C)OC(=O)CCCCCCCCCCCCCCCCCCCCCCCC. The molecule has 0 heterocycles. The van der Waals surface area contributed by atoms with Crippen LogP contribution in [0.25, 0.3) is 0 Å². The fourth-order valence-corrected chi connectivity index (χ4v) is 16.2. The minimum absolute atomic E-state index is 0.107. The number of ether oxygens (including phenoxy) is 4. The summed E-state index contributed by atoms with van der Waals surface area (Å²) in [6.45, 7) is 9.69. The van der Waals surface area contributed by atoms with E-state index in [4.69, 9.17) is 37.0 Å². The molecule has 0 bridgehead atoms. The second-order valence-electron chi connectivity index (χ2n) is 34.1. The molecule has 0 spiro atoms. The van der Waals surface area contributed by atoms with E-state index in [2.05, 4.69) is 41.5 Å². The second-order valence-corrected chi connectivity index (χ2v) is 37.0. The molecule has 666 valence electrons. The summed E-state index contributed by atoms with van der Waals surface area (Å²) in [5.74, 6) is -0.564. The molecule has 0 saturated heterocycles. The van der Waals surface area contributed by atoms with Crippen molar-refractivity contribution in [1.82, 2.24) is 0 Å². The molecule has 19 heteroatoms. The number of carbonyl (C=O) groups is 4. The van der Waals surface area contributed by atoms with Crippen LogP contribution in [-0.2, 0) is 65.4 Å². The molecule has 112 heavy (non-hydrogen) atoms. The summed E-state index contributed by atoms with van der Waals surface area (Å²) >= 11 is 0. The van der Waals surface area contributed by atoms with E-state index in [0.717, 1.165) is 108 Å². The first-order chi connectivity index (χ1) is 54.4. The van der Waals surface area contributed by atoms with Crippen molar-refractivity contribution in [2.45, 2.75) is 522 Å². The van der Waals surface area contributed by atoms with Crippen LogP contribution in [0.1, 0.15) is 504 Å². The van der Waals surface area contributed by atoms with Crippen molar-refractivity contribution < 1.29 is 80.2 Å². The van der Waals surface area contributed by atoms with Gasteiger partial charge in [0.2, 0.25) is 0 Å². The minimum Gasteiger partial charge on any atom is -0.462 e. The van der Waals surface area contributed by atoms with Crippen molar-refractivity contribution in [3.05, 3.63) is 0 Å². The first-order valence-electron chi connectivity index (χ1n) is 48.0. The Morgan fingerprint density at radius 2 is 0.455 bits per heavy atom. The van der Waals surface area contributed by atoms with Crippen LogP contribution in [0.2, 0.25) is 0 Å². The Kier molecular flexibility index (Phi) is 82.6. The molecule has 0 radical (unpaired) electrons. The third-order valence-electron chi connectivity index (χ3n) is 22.3. The maximum atomic E-state index is 13.2. The van der Waals surface area contributed by atoms with Crippen molar-refractivity contribution in [2.75, 3.05) is 39.6 Å². The molecule has 0 aromatic rings. The number of hydrogen-bond donors (Lipinski definition) is 3. The highest BCUT2D eigenvalue weighted by atomic mass is 31.2. The van der Waals surface area contributed by atoms with Gasteiger partial charge in [0.15, 0.2) is 12.2 Å². The topological polar surface area (TPSA) is 237 Å². The first-order valence-corrected chi connectivity index (χ1v) is 51.0. The summed E-state index contributed by atoms with van der Waals surface area (Å²) in [6.07, 6.45) is 79.5. The number of hydrogen-bond acceptors (Lipinski definition) is 15. The van der Waals surface area contributed by atoms with Crippen LogP contribution in [0.3, 0.4) is 0 Å². The fraction of sp³-hybridized carbons (Fsp3) is 0.957. The Morgan fingerprint density at radius 1 is 0.259 bits per heavy atom. The number of aliphatic hydroxyl groups excluding tert-OH is 1. The molecule has 0 fully saturated rings. The quantitative estimate of drug-likeness (QED) is 0.0222. The Hall–Kier alpha value is -1.94. The monoisotopic (exact) mass is 1630 g/mol. The highest BCUT2D eigenvalue weighted by molar-refractivity contribution is 7.47. The third-order valence-corrected chi connectivity index (χ3v) is 24.2. The van der Waals surface area contributed by atoms with Crippen molar-refractivity contribution in [3.8, 4) is 0 Å². The maximum absolute atomic E-state index is 13.2. The van der Waals surface area contributed by atoms with Gasteiger partial charge >= 0.3 is 39.5 Å². The zero-order valence-electron chi connectivity index (χ0n) is 74.0. The van der Waals surface area contributed by atoms with Crippen LogP contribution in [0, 0.1) is 11.8 Å². The molecule has 6 atom stereocenters. The van der Waals surface area contributed by atoms with Gasteiger partial charge in [0.25, 0.3) is 0 Å². The molecule has 0 aromatic heterocycles. The molecule has 3 N–H and O–H groups in total. The molecule has 0 saturated carbocycles. The number of rotatable bonds is 92. The third kappa shape index (κ3) is 84.5. The van der Waals surface area contributed by atoms with Gasteiger partial charge in [0, 0.05) is 25.7 Å². The molecular weight excluding hydrogens is 1450 g/mol. The lowest BCUT2D eigenvalue weighted by molar-refractivity contribution is -0.161. The molecule has 0 aliphatic rings. The summed E-state index contributed by atoms with van der Waals surface area (Å²) < 4.78 is 69.1. The lowest BCUT2D eigenvalue weighted by Gasteiger charge is -2.21. The van der Waals surface area contributed by atoms with Crippen LogP contribution in [-0.4, -0.2) is 96.7 Å². The number of phosphoric ester groups is 2. The zero-order valence-corrected chi connectivity index (χ0v) is 75.8. The molecule has 0 amide bonds. The summed E-state index contributed by atoms with van der Waals surface area (Å²) in [5, 5.41) is 10.7. The van der Waals surface area contributed by atoms with Crippen molar-refractivity contribution in [1.29, 1.82) is 0 Å². The number of aliphatic hydroxyl groups is 1. The predicted molar refractivity (Wildman–Crippen MR) is 465 cm³/mol. The molecule has 0 aromatic carbocycles. The van der Waals surface area contributed by atoms with Crippen LogP contribution in [0.15, 0.2) is 0 Å². The van der Waals surface area contributed by atoms with Gasteiger partial charge in [-0.1, -0.05) is 452 Å². The van der Waals surface area contributed by atoms with E-state index in [1.54, 1.807) is 0 Å². The number of carbonyl (C=O) groups excluding carboxylic acids is 4. The molecular formula is C93H182O17P2. The molecule has 0 aliphatic carbocycles. The van der Waals surface area contributed by atoms with Gasteiger partial charge in [0.1, 0.15) is 19.3 Å². The van der Waals surface area contributed by atoms with Crippen molar-refractivity contribution >= 4 is 39.5 Å². The van der Waals surface area contributed by atoms with E-state index in [1.165, 1.54) is 315 Å². The molecule has 0 rings (SSSR count). The number of phosphoric acid groups is 2. The van der Waals surface area contributed by atoms with Gasteiger partial charge in [-0.05, 0) is 37.5 Å². The number of esters is 4. The second kappa shape index (κ2) is 84.1. The van der Waals surface area contributed by atoms with Gasteiger partial charge in [0.05, 0.1) is 26.4 Å². The van der Waals surface area contributed by atoms with Crippen LogP contribution in [0.4, 0.5) is 0 Å². The zero-order chi connectivity index (χ0) is 82.0. The smallest absolute Gasteiger partial charge is 0.462 e. The number of unbranched alkanes of at least 4 members (excludes halogenated alkanes) is 61. The summed E-state index contributed by atoms with van der Waals surface area (Å²) in [5.41, 5.74) is 0. The highest BCUT2D eigenvalue weighted by Gasteiger charge is 2.31. The summed E-state index contributed by atoms with van der Waals surface area (Å²) in [4.78, 5) is 73.4. The average Bonchev–Trinajstić information content (AvgIpc) is 0.900. The Balaban J connectivity index is 5.21. The van der Waals surface area contributed by atoms with E-state index < -0.39 is 97.5 Å². The van der Waals surface area contributed by atoms with E-state index >= 15 is 0 Å². The largest absolute Gasteiger partial charge is 0.472 e. The molecule has 3 unspecified atom stereocenters. The predicted octanol–water partition coefficient (Wildman–Crippen LogP) is 29.0. The standard InChI is InChI=1S/C93H182O17P2/c1-7-10-12-14-16-18-20-22-24-26-28-30-32-34-36-40-44-48-52-56-63-69-75-90(95)103-81-88(109-92(97)77-71-65-57-53-49-45-41-37-35-33-31-29-27-25-23-21-19-17-15-13-11-8-2)83-107-111(99,100)105-79-87(94)80-106-112(101,102)108-84-89(82-104-91(96)76-70-64-60-59-62-68-74-86(6)9-3)110-93(98)78-72-66-58-54-50-46-42-38-39-43-47-51-55-61-67-73-85(4)5/h85-89,94H,7-84H2,1-6H3,(H,99,100)(H,101,102)/t86?,87-,88-,89-/m1/s1. The van der Waals surface area contributed by atoms with E-state index in [9.17, 15) is 43.2 Å². The Morgan fingerprint density at radius 3 is 0.679 bits per heavy atom. The van der Waals surface area contributed by atoms with Crippen LogP contribution < -0.4 is 0 Å². The fourth-order valence-electron chi connectivity index (χ4n) is 14.6. The Labute approximate surface area is 689 Å². The van der Waals surface area contributed by atoms with Crippen LogP contribution >= 0.6 is 15.6 Å².